The Morgan fingerprint density at radius 3 is 2.19 bits per heavy atom. The van der Waals surface area contributed by atoms with E-state index in [1.54, 1.807) is 0 Å². The van der Waals surface area contributed by atoms with Gasteiger partial charge in [0.2, 0.25) is 5.91 Å². The van der Waals surface area contributed by atoms with Crippen LogP contribution in [-0.4, -0.2) is 43.0 Å². The van der Waals surface area contributed by atoms with Gasteiger partial charge in [-0.15, -0.1) is 0 Å². The lowest BCUT2D eigenvalue weighted by atomic mass is 9.86. The molecule has 120 valence electrons. The molecule has 2 aliphatic heterocycles. The Kier molecular flexibility index (Phi) is 5.17. The highest BCUT2D eigenvalue weighted by atomic mass is 16.2. The molecule has 4 atom stereocenters. The summed E-state index contributed by atoms with van der Waals surface area (Å²) in [6.07, 6.45) is 9.30. The van der Waals surface area contributed by atoms with E-state index in [1.807, 2.05) is 0 Å². The molecule has 0 bridgehead atoms. The highest BCUT2D eigenvalue weighted by Crippen LogP contribution is 2.29. The molecule has 2 heterocycles. The lowest BCUT2D eigenvalue weighted by molar-refractivity contribution is -0.136. The molecule has 1 amide bonds. The van der Waals surface area contributed by atoms with E-state index in [9.17, 15) is 4.79 Å². The summed E-state index contributed by atoms with van der Waals surface area (Å²) in [5.41, 5.74) is 6.33. The average molecular weight is 293 g/mol. The number of hydrogen-bond acceptors (Lipinski definition) is 3. The van der Waals surface area contributed by atoms with E-state index >= 15 is 0 Å². The summed E-state index contributed by atoms with van der Waals surface area (Å²) in [6, 6.07) is 0.0854. The van der Waals surface area contributed by atoms with Crippen LogP contribution < -0.4 is 11.1 Å². The maximum atomic E-state index is 12.9. The summed E-state index contributed by atoms with van der Waals surface area (Å²) < 4.78 is 0. The molecule has 0 spiro atoms. The second kappa shape index (κ2) is 7.10. The number of nitrogens with one attached hydrogen (secondary N) is 1. The van der Waals surface area contributed by atoms with Crippen molar-refractivity contribution in [1.82, 2.24) is 10.2 Å². The fraction of sp³-hybridized carbons (Fsp3) is 0.941. The topological polar surface area (TPSA) is 58.4 Å². The van der Waals surface area contributed by atoms with Crippen molar-refractivity contribution in [2.75, 3.05) is 26.2 Å². The van der Waals surface area contributed by atoms with Crippen molar-refractivity contribution in [2.24, 2.45) is 23.5 Å². The van der Waals surface area contributed by atoms with Gasteiger partial charge in [-0.3, -0.25) is 4.79 Å². The summed E-state index contributed by atoms with van der Waals surface area (Å²) in [6.45, 7) is 4.20. The van der Waals surface area contributed by atoms with Crippen molar-refractivity contribution < 1.29 is 4.79 Å². The molecule has 21 heavy (non-hydrogen) atoms. The predicted molar refractivity (Wildman–Crippen MR) is 84.8 cm³/mol. The van der Waals surface area contributed by atoms with Crippen LogP contribution in [0.4, 0.5) is 0 Å². The molecular weight excluding hydrogens is 262 g/mol. The van der Waals surface area contributed by atoms with Crippen molar-refractivity contribution in [2.45, 2.75) is 57.4 Å². The summed E-state index contributed by atoms with van der Waals surface area (Å²) in [5, 5.41) is 3.50. The summed E-state index contributed by atoms with van der Waals surface area (Å²) in [7, 11) is 0. The van der Waals surface area contributed by atoms with Gasteiger partial charge in [0.15, 0.2) is 0 Å². The Balaban J connectivity index is 1.60. The smallest absolute Gasteiger partial charge is 0.227 e. The molecule has 0 radical (unpaired) electrons. The van der Waals surface area contributed by atoms with Crippen LogP contribution in [0.5, 0.6) is 0 Å². The van der Waals surface area contributed by atoms with Crippen LogP contribution in [0.15, 0.2) is 0 Å². The minimum atomic E-state index is 0.0846. The maximum Gasteiger partial charge on any atom is 0.227 e. The number of nitrogens with zero attached hydrogens (tertiary/aromatic N) is 1. The molecule has 1 aliphatic carbocycles. The summed E-state index contributed by atoms with van der Waals surface area (Å²) in [5.74, 6) is 2.02. The maximum absolute atomic E-state index is 12.9. The zero-order valence-electron chi connectivity index (χ0n) is 13.2. The first-order chi connectivity index (χ1) is 10.3. The number of likely N-dealkylation sites (tertiary alicyclic amines) is 1. The van der Waals surface area contributed by atoms with Crippen molar-refractivity contribution in [3.05, 3.63) is 0 Å². The first kappa shape index (κ1) is 15.3. The fourth-order valence-corrected chi connectivity index (χ4v) is 4.49. The van der Waals surface area contributed by atoms with Gasteiger partial charge in [-0.05, 0) is 50.6 Å². The molecule has 3 N–H and O–H groups in total. The molecule has 3 aliphatic rings. The second-order valence-corrected chi connectivity index (χ2v) is 7.34. The molecule has 3 fully saturated rings. The number of carbonyl (C=O) groups excluding carboxylic acids is 1. The Morgan fingerprint density at radius 2 is 1.52 bits per heavy atom. The van der Waals surface area contributed by atoms with Gasteiger partial charge in [0.05, 0.1) is 5.92 Å². The van der Waals surface area contributed by atoms with Crippen LogP contribution in [-0.2, 0) is 4.79 Å². The van der Waals surface area contributed by atoms with Crippen molar-refractivity contribution >= 4 is 5.91 Å². The van der Waals surface area contributed by atoms with Gasteiger partial charge < -0.3 is 16.0 Å². The number of carbonyl (C=O) groups is 1. The van der Waals surface area contributed by atoms with Crippen molar-refractivity contribution in [1.29, 1.82) is 0 Å². The van der Waals surface area contributed by atoms with E-state index in [2.05, 4.69) is 10.2 Å². The zero-order chi connectivity index (χ0) is 14.7. The number of hydrogen-bond donors (Lipinski definition) is 2. The van der Waals surface area contributed by atoms with Crippen molar-refractivity contribution in [3.8, 4) is 0 Å². The molecule has 4 nitrogen and oxygen atoms in total. The van der Waals surface area contributed by atoms with Gasteiger partial charge >= 0.3 is 0 Å². The predicted octanol–water partition coefficient (Wildman–Crippen LogP) is 1.74. The third-order valence-corrected chi connectivity index (χ3v) is 5.97. The van der Waals surface area contributed by atoms with E-state index < -0.39 is 0 Å². The molecule has 0 aromatic rings. The SMILES string of the molecule is NC1CCCCCCC1C(=O)N1CC[C@@H]2CNC[C@@H]2CC1. The third-order valence-electron chi connectivity index (χ3n) is 5.97. The highest BCUT2D eigenvalue weighted by molar-refractivity contribution is 5.79. The Hall–Kier alpha value is -0.610. The molecule has 2 unspecified atom stereocenters. The van der Waals surface area contributed by atoms with Gasteiger partial charge in [0.1, 0.15) is 0 Å². The Morgan fingerprint density at radius 1 is 0.905 bits per heavy atom. The van der Waals surface area contributed by atoms with Crippen molar-refractivity contribution in [3.63, 3.8) is 0 Å². The van der Waals surface area contributed by atoms with Gasteiger partial charge in [0, 0.05) is 19.1 Å². The lowest BCUT2D eigenvalue weighted by Crippen LogP contribution is -2.45. The Bertz CT molecular complexity index is 346. The van der Waals surface area contributed by atoms with Crippen LogP contribution in [0.3, 0.4) is 0 Å². The first-order valence-electron chi connectivity index (χ1n) is 9.01. The molecule has 2 saturated heterocycles. The number of fused-ring (bicyclic) bond motifs is 1. The van der Waals surface area contributed by atoms with Crippen LogP contribution in [0, 0.1) is 17.8 Å². The molecule has 4 heteroatoms. The van der Waals surface area contributed by atoms with Crippen LogP contribution in [0.2, 0.25) is 0 Å². The molecule has 1 saturated carbocycles. The van der Waals surface area contributed by atoms with Crippen LogP contribution in [0.25, 0.3) is 0 Å². The number of nitrogens with two attached hydrogens (primary N) is 1. The van der Waals surface area contributed by atoms with E-state index in [1.165, 1.54) is 38.5 Å². The largest absolute Gasteiger partial charge is 0.342 e. The fourth-order valence-electron chi connectivity index (χ4n) is 4.49. The molecule has 3 rings (SSSR count). The van der Waals surface area contributed by atoms with E-state index in [0.717, 1.165) is 50.9 Å². The summed E-state index contributed by atoms with van der Waals surface area (Å²) >= 11 is 0. The first-order valence-corrected chi connectivity index (χ1v) is 9.01. The minimum absolute atomic E-state index is 0.0846. The second-order valence-electron chi connectivity index (χ2n) is 7.34. The average Bonchev–Trinajstić information content (AvgIpc) is 2.81. The molecule has 0 aromatic heterocycles. The van der Waals surface area contributed by atoms with E-state index in [-0.39, 0.29) is 12.0 Å². The zero-order valence-corrected chi connectivity index (χ0v) is 13.2. The molecular formula is C17H31N3O. The van der Waals surface area contributed by atoms with Crippen LogP contribution >= 0.6 is 0 Å². The van der Waals surface area contributed by atoms with Gasteiger partial charge in [0.25, 0.3) is 0 Å². The highest BCUT2D eigenvalue weighted by Gasteiger charge is 2.35. The minimum Gasteiger partial charge on any atom is -0.342 e. The standard InChI is InChI=1S/C17H31N3O/c18-16-6-4-2-1-3-5-15(16)17(21)20-9-7-13-11-19-12-14(13)8-10-20/h13-16,19H,1-12,18H2/t13-,14+,15?,16?. The van der Waals surface area contributed by atoms with Gasteiger partial charge in [-0.2, -0.15) is 0 Å². The van der Waals surface area contributed by atoms with E-state index in [4.69, 9.17) is 5.73 Å². The number of amides is 1. The summed E-state index contributed by atoms with van der Waals surface area (Å²) in [4.78, 5) is 15.1. The Labute approximate surface area is 128 Å². The normalized spacial score (nSPS) is 38.2. The lowest BCUT2D eigenvalue weighted by Gasteiger charge is -2.31. The van der Waals surface area contributed by atoms with Crippen LogP contribution in [0.1, 0.15) is 51.4 Å². The van der Waals surface area contributed by atoms with Gasteiger partial charge in [-0.1, -0.05) is 25.7 Å². The number of rotatable bonds is 1. The quantitative estimate of drug-likeness (QED) is 0.774. The molecule has 0 aromatic carbocycles. The third kappa shape index (κ3) is 3.59. The monoisotopic (exact) mass is 293 g/mol. The van der Waals surface area contributed by atoms with E-state index in [0.29, 0.717) is 5.91 Å². The van der Waals surface area contributed by atoms with Gasteiger partial charge in [-0.25, -0.2) is 0 Å².